The first-order chi connectivity index (χ1) is 11.3. The molecular weight excluding hydrogens is 324 g/mol. The van der Waals surface area contributed by atoms with Crippen LogP contribution in [-0.4, -0.2) is 63.4 Å². The van der Waals surface area contributed by atoms with Gasteiger partial charge in [0, 0.05) is 31.0 Å². The first kappa shape index (κ1) is 18.2. The Balaban J connectivity index is 2.36. The number of benzene rings is 1. The van der Waals surface area contributed by atoms with Gasteiger partial charge in [0.15, 0.2) is 0 Å². The highest BCUT2D eigenvalue weighted by Gasteiger charge is 2.44. The Morgan fingerprint density at radius 3 is 2.33 bits per heavy atom. The average Bonchev–Trinajstić information content (AvgIpc) is 2.54. The fraction of sp³-hybridized carbons (Fsp3) is 0.500. The smallest absolute Gasteiger partial charge is 0.269 e. The summed E-state index contributed by atoms with van der Waals surface area (Å²) in [6.45, 7) is 0.479. The van der Waals surface area contributed by atoms with Crippen molar-refractivity contribution >= 4 is 17.3 Å². The van der Waals surface area contributed by atoms with Crippen LogP contribution in [0.15, 0.2) is 24.3 Å². The molecule has 3 N–H and O–H groups in total. The van der Waals surface area contributed by atoms with Crippen LogP contribution in [0.5, 0.6) is 0 Å². The van der Waals surface area contributed by atoms with Crippen molar-refractivity contribution in [1.82, 2.24) is 0 Å². The van der Waals surface area contributed by atoms with E-state index in [1.807, 2.05) is 0 Å². The topological polar surface area (TPSA) is 156 Å². The molecule has 10 heteroatoms. The van der Waals surface area contributed by atoms with Crippen LogP contribution >= 0.6 is 0 Å². The van der Waals surface area contributed by atoms with Gasteiger partial charge in [-0.3, -0.25) is 14.9 Å². The Labute approximate surface area is 136 Å². The van der Waals surface area contributed by atoms with Crippen molar-refractivity contribution in [3.63, 3.8) is 0 Å². The number of anilines is 1. The Hall–Kier alpha value is -2.11. The van der Waals surface area contributed by atoms with E-state index in [4.69, 9.17) is 9.84 Å². The summed E-state index contributed by atoms with van der Waals surface area (Å²) < 4.78 is 4.93. The minimum absolute atomic E-state index is 0.135. The van der Waals surface area contributed by atoms with Crippen molar-refractivity contribution < 1.29 is 34.9 Å². The van der Waals surface area contributed by atoms with E-state index in [0.717, 1.165) is 24.0 Å². The molecule has 132 valence electrons. The number of ether oxygens (including phenoxy) is 1. The summed E-state index contributed by atoms with van der Waals surface area (Å²) in [4.78, 5) is 23.0. The highest BCUT2D eigenvalue weighted by atomic mass is 16.6. The molecule has 0 saturated carbocycles. The molecule has 1 aliphatic rings. The summed E-state index contributed by atoms with van der Waals surface area (Å²) in [7, 11) is 0. The molecule has 1 fully saturated rings. The van der Waals surface area contributed by atoms with E-state index in [1.54, 1.807) is 0 Å². The molecule has 10 nitrogen and oxygen atoms in total. The predicted molar refractivity (Wildman–Crippen MR) is 77.8 cm³/mol. The lowest BCUT2D eigenvalue weighted by molar-refractivity contribution is -0.517. The van der Waals surface area contributed by atoms with Crippen LogP contribution in [0.2, 0.25) is 0 Å². The molecule has 0 unspecified atom stereocenters. The molecule has 1 heterocycles. The van der Waals surface area contributed by atoms with Gasteiger partial charge in [0.05, 0.1) is 17.6 Å². The number of nitrogens with zero attached hydrogens (tertiary/aromatic N) is 2. The Morgan fingerprint density at radius 1 is 1.29 bits per heavy atom. The lowest BCUT2D eigenvalue weighted by Gasteiger charge is -2.49. The van der Waals surface area contributed by atoms with Gasteiger partial charge in [-0.15, -0.1) is 0 Å². The largest absolute Gasteiger partial charge is 0.829 e. The van der Waals surface area contributed by atoms with Crippen LogP contribution in [-0.2, 0) is 9.53 Å². The number of hydrogen-bond acceptors (Lipinski definition) is 8. The molecular formula is C14H17N2O8-. The highest BCUT2D eigenvalue weighted by molar-refractivity contribution is 5.92. The number of rotatable bonds is 4. The minimum atomic E-state index is -1.92. The molecule has 0 bridgehead atoms. The zero-order chi connectivity index (χ0) is 18.0. The van der Waals surface area contributed by atoms with E-state index in [0.29, 0.717) is 0 Å². The van der Waals surface area contributed by atoms with Gasteiger partial charge in [0.1, 0.15) is 18.3 Å². The number of nitro benzene ring substituents is 1. The second kappa shape index (κ2) is 7.20. The zero-order valence-corrected chi connectivity index (χ0v) is 12.7. The standard InChI is InChI=1S/C14H17N2O8/c1-7(18)15(8-2-4-9(5-3-8)16(22)23)11-13(20)12(19)10(6-17)24-14(11)21/h2-5,10-14,17,19-20H,6H2,1H3/q-1/t10-,11-,12+,13-,14+/m1/s1. The zero-order valence-electron chi connectivity index (χ0n) is 12.7. The van der Waals surface area contributed by atoms with E-state index in [-0.39, 0.29) is 11.4 Å². The summed E-state index contributed by atoms with van der Waals surface area (Å²) in [5.74, 6) is -0.619. The fourth-order valence-corrected chi connectivity index (χ4v) is 2.64. The van der Waals surface area contributed by atoms with Gasteiger partial charge in [-0.05, 0) is 12.1 Å². The van der Waals surface area contributed by atoms with E-state index in [2.05, 4.69) is 0 Å². The number of aliphatic hydroxyl groups is 3. The molecule has 1 aromatic carbocycles. The fourth-order valence-electron chi connectivity index (χ4n) is 2.64. The number of carbonyl (C=O) groups is 1. The maximum absolute atomic E-state index is 12.2. The number of amides is 1. The van der Waals surface area contributed by atoms with E-state index < -0.39 is 48.1 Å². The number of nitro groups is 1. The molecule has 0 radical (unpaired) electrons. The van der Waals surface area contributed by atoms with Gasteiger partial charge in [-0.25, -0.2) is 0 Å². The van der Waals surface area contributed by atoms with Crippen molar-refractivity contribution in [2.24, 2.45) is 0 Å². The minimum Gasteiger partial charge on any atom is -0.829 e. The average molecular weight is 341 g/mol. The second-order valence-electron chi connectivity index (χ2n) is 5.36. The normalized spacial score (nSPS) is 30.0. The first-order valence-corrected chi connectivity index (χ1v) is 7.10. The van der Waals surface area contributed by atoms with Crippen LogP contribution in [0.1, 0.15) is 6.92 Å². The van der Waals surface area contributed by atoms with Gasteiger partial charge < -0.3 is 30.1 Å². The van der Waals surface area contributed by atoms with Gasteiger partial charge in [-0.1, -0.05) is 0 Å². The first-order valence-electron chi connectivity index (χ1n) is 7.10. The van der Waals surface area contributed by atoms with Crippen molar-refractivity contribution in [2.75, 3.05) is 11.5 Å². The third kappa shape index (κ3) is 3.37. The Bertz CT molecular complexity index is 607. The van der Waals surface area contributed by atoms with Gasteiger partial charge in [0.2, 0.25) is 5.91 Å². The van der Waals surface area contributed by atoms with Crippen molar-refractivity contribution in [3.8, 4) is 0 Å². The Kier molecular flexibility index (Phi) is 5.47. The number of carbonyl (C=O) groups excluding carboxylic acids is 1. The molecule has 2 rings (SSSR count). The van der Waals surface area contributed by atoms with Crippen molar-refractivity contribution in [2.45, 2.75) is 37.6 Å². The van der Waals surface area contributed by atoms with Crippen LogP contribution in [0.4, 0.5) is 11.4 Å². The van der Waals surface area contributed by atoms with Crippen LogP contribution in [0, 0.1) is 10.1 Å². The highest BCUT2D eigenvalue weighted by Crippen LogP contribution is 2.28. The SMILES string of the molecule is CC(=O)N(c1ccc([N+](=O)[O-])cc1)[C@@H]1[C@@H](O)[C@@H](O)[C@@H](CO)O[C@@H]1[O-]. The molecule has 0 aliphatic carbocycles. The molecule has 0 spiro atoms. The van der Waals surface area contributed by atoms with Crippen molar-refractivity contribution in [1.29, 1.82) is 0 Å². The van der Waals surface area contributed by atoms with Crippen LogP contribution in [0.3, 0.4) is 0 Å². The van der Waals surface area contributed by atoms with Gasteiger partial charge in [-0.2, -0.15) is 0 Å². The molecule has 1 aliphatic heterocycles. The molecule has 1 saturated heterocycles. The summed E-state index contributed by atoms with van der Waals surface area (Å²) in [6.07, 6.45) is -6.40. The maximum Gasteiger partial charge on any atom is 0.269 e. The molecule has 0 aromatic heterocycles. The maximum atomic E-state index is 12.2. The lowest BCUT2D eigenvalue weighted by atomic mass is 9.95. The summed E-state index contributed by atoms with van der Waals surface area (Å²) >= 11 is 0. The van der Waals surface area contributed by atoms with E-state index in [1.165, 1.54) is 12.1 Å². The number of non-ortho nitro benzene ring substituents is 1. The third-order valence-electron chi connectivity index (χ3n) is 3.82. The van der Waals surface area contributed by atoms with E-state index in [9.17, 15) is 30.2 Å². The van der Waals surface area contributed by atoms with Gasteiger partial charge in [0.25, 0.3) is 5.69 Å². The Morgan fingerprint density at radius 2 is 1.88 bits per heavy atom. The quantitative estimate of drug-likeness (QED) is 0.424. The lowest BCUT2D eigenvalue weighted by Crippen LogP contribution is -2.68. The monoisotopic (exact) mass is 341 g/mol. The van der Waals surface area contributed by atoms with Crippen LogP contribution < -0.4 is 10.0 Å². The summed E-state index contributed by atoms with van der Waals surface area (Å²) in [5.41, 5.74) is -0.0713. The third-order valence-corrected chi connectivity index (χ3v) is 3.82. The molecule has 5 atom stereocenters. The molecule has 24 heavy (non-hydrogen) atoms. The van der Waals surface area contributed by atoms with E-state index >= 15 is 0 Å². The number of hydrogen-bond donors (Lipinski definition) is 3. The summed E-state index contributed by atoms with van der Waals surface area (Å²) in [6, 6.07) is 3.34. The second-order valence-corrected chi connectivity index (χ2v) is 5.36. The van der Waals surface area contributed by atoms with Crippen LogP contribution in [0.25, 0.3) is 0 Å². The predicted octanol–water partition coefficient (Wildman–Crippen LogP) is -1.88. The van der Waals surface area contributed by atoms with Gasteiger partial charge >= 0.3 is 0 Å². The van der Waals surface area contributed by atoms with Crippen molar-refractivity contribution in [3.05, 3.63) is 34.4 Å². The summed E-state index contributed by atoms with van der Waals surface area (Å²) in [5, 5.41) is 52.0. The molecule has 1 amide bonds. The number of aliphatic hydroxyl groups excluding tert-OH is 3. The molecule has 1 aromatic rings.